The lowest BCUT2D eigenvalue weighted by atomic mass is 10.2. The molecular formula is C19H30ClN3O2. The van der Waals surface area contributed by atoms with E-state index in [1.807, 2.05) is 24.3 Å². The summed E-state index contributed by atoms with van der Waals surface area (Å²) >= 11 is 6.24. The molecule has 1 saturated heterocycles. The lowest BCUT2D eigenvalue weighted by Gasteiger charge is -2.35. The van der Waals surface area contributed by atoms with E-state index in [0.717, 1.165) is 43.2 Å². The summed E-state index contributed by atoms with van der Waals surface area (Å²) in [4.78, 5) is 18.3. The highest BCUT2D eigenvalue weighted by Crippen LogP contribution is 2.26. The fourth-order valence-electron chi connectivity index (χ4n) is 2.97. The van der Waals surface area contributed by atoms with Gasteiger partial charge in [0.15, 0.2) is 0 Å². The van der Waals surface area contributed by atoms with Crippen molar-refractivity contribution in [3.05, 3.63) is 29.3 Å². The molecule has 0 saturated carbocycles. The molecule has 0 N–H and O–H groups in total. The highest BCUT2D eigenvalue weighted by atomic mass is 35.5. The van der Waals surface area contributed by atoms with Crippen molar-refractivity contribution in [1.29, 1.82) is 0 Å². The average Bonchev–Trinajstić information content (AvgIpc) is 2.61. The monoisotopic (exact) mass is 367 g/mol. The fraction of sp³-hybridized carbons (Fsp3) is 0.632. The number of ether oxygens (including phenoxy) is 1. The molecule has 5 nitrogen and oxygen atoms in total. The predicted molar refractivity (Wildman–Crippen MR) is 104 cm³/mol. The Kier molecular flexibility index (Phi) is 8.35. The molecule has 1 aromatic rings. The van der Waals surface area contributed by atoms with E-state index in [9.17, 15) is 4.79 Å². The quantitative estimate of drug-likeness (QED) is 0.656. The van der Waals surface area contributed by atoms with Gasteiger partial charge in [-0.1, -0.05) is 36.6 Å². The van der Waals surface area contributed by atoms with E-state index in [0.29, 0.717) is 19.7 Å². The normalized spacial score (nSPS) is 14.9. The SMILES string of the molecule is CN(C)CCCCCCOC(=O)N1CCN(c2ccccc2Cl)CC1. The number of hydrogen-bond acceptors (Lipinski definition) is 4. The van der Waals surface area contributed by atoms with Gasteiger partial charge in [0.05, 0.1) is 17.3 Å². The number of unbranched alkanes of at least 4 members (excludes halogenated alkanes) is 3. The van der Waals surface area contributed by atoms with Crippen molar-refractivity contribution < 1.29 is 9.53 Å². The number of benzene rings is 1. The number of para-hydroxylation sites is 1. The molecule has 1 aliphatic rings. The largest absolute Gasteiger partial charge is 0.449 e. The Balaban J connectivity index is 1.60. The summed E-state index contributed by atoms with van der Waals surface area (Å²) in [5.74, 6) is 0. The zero-order chi connectivity index (χ0) is 18.1. The minimum Gasteiger partial charge on any atom is -0.449 e. The topological polar surface area (TPSA) is 36.0 Å². The smallest absolute Gasteiger partial charge is 0.409 e. The van der Waals surface area contributed by atoms with Gasteiger partial charge in [-0.25, -0.2) is 4.79 Å². The molecule has 0 aromatic heterocycles. The molecule has 1 aromatic carbocycles. The summed E-state index contributed by atoms with van der Waals surface area (Å²) in [5.41, 5.74) is 1.04. The molecule has 140 valence electrons. The second-order valence-corrected chi connectivity index (χ2v) is 7.16. The molecular weight excluding hydrogens is 338 g/mol. The van der Waals surface area contributed by atoms with Crippen molar-refractivity contribution in [2.45, 2.75) is 25.7 Å². The number of nitrogens with zero attached hydrogens (tertiary/aromatic N) is 3. The maximum atomic E-state index is 12.1. The molecule has 2 rings (SSSR count). The van der Waals surface area contributed by atoms with Crippen molar-refractivity contribution in [3.8, 4) is 0 Å². The van der Waals surface area contributed by atoms with Crippen LogP contribution < -0.4 is 4.90 Å². The molecule has 1 fully saturated rings. The Morgan fingerprint density at radius 3 is 2.44 bits per heavy atom. The van der Waals surface area contributed by atoms with Crippen LogP contribution in [0.1, 0.15) is 25.7 Å². The minimum absolute atomic E-state index is 0.188. The summed E-state index contributed by atoms with van der Waals surface area (Å²) in [7, 11) is 4.18. The second-order valence-electron chi connectivity index (χ2n) is 6.76. The molecule has 25 heavy (non-hydrogen) atoms. The molecule has 0 aliphatic carbocycles. The van der Waals surface area contributed by atoms with Crippen LogP contribution in [0.3, 0.4) is 0 Å². The number of amides is 1. The molecule has 0 bridgehead atoms. The molecule has 0 spiro atoms. The zero-order valence-corrected chi connectivity index (χ0v) is 16.2. The zero-order valence-electron chi connectivity index (χ0n) is 15.4. The van der Waals surface area contributed by atoms with Gasteiger partial charge in [-0.05, 0) is 45.6 Å². The third kappa shape index (κ3) is 6.75. The van der Waals surface area contributed by atoms with Crippen LogP contribution in [0, 0.1) is 0 Å². The average molecular weight is 368 g/mol. The number of halogens is 1. The highest BCUT2D eigenvalue weighted by Gasteiger charge is 2.23. The van der Waals surface area contributed by atoms with Gasteiger partial charge in [0.1, 0.15) is 0 Å². The number of piperazine rings is 1. The van der Waals surface area contributed by atoms with Crippen molar-refractivity contribution in [2.75, 3.05) is 58.3 Å². The van der Waals surface area contributed by atoms with Crippen LogP contribution in [-0.2, 0) is 4.74 Å². The lowest BCUT2D eigenvalue weighted by molar-refractivity contribution is 0.0984. The third-order valence-corrected chi connectivity index (χ3v) is 4.78. The fourth-order valence-corrected chi connectivity index (χ4v) is 3.23. The van der Waals surface area contributed by atoms with Gasteiger partial charge in [0.2, 0.25) is 0 Å². The Morgan fingerprint density at radius 2 is 1.76 bits per heavy atom. The molecule has 1 amide bonds. The maximum Gasteiger partial charge on any atom is 0.409 e. The van der Waals surface area contributed by atoms with E-state index in [4.69, 9.17) is 16.3 Å². The summed E-state index contributed by atoms with van der Waals surface area (Å²) in [6, 6.07) is 7.84. The van der Waals surface area contributed by atoms with Crippen molar-refractivity contribution in [1.82, 2.24) is 9.80 Å². The van der Waals surface area contributed by atoms with Gasteiger partial charge >= 0.3 is 6.09 Å². The summed E-state index contributed by atoms with van der Waals surface area (Å²) in [6.07, 6.45) is 4.25. The Morgan fingerprint density at radius 1 is 1.08 bits per heavy atom. The first-order chi connectivity index (χ1) is 12.1. The van der Waals surface area contributed by atoms with Gasteiger partial charge in [-0.3, -0.25) is 0 Å². The van der Waals surface area contributed by atoms with Crippen LogP contribution in [-0.4, -0.2) is 69.3 Å². The van der Waals surface area contributed by atoms with Gasteiger partial charge < -0.3 is 19.4 Å². The molecule has 6 heteroatoms. The van der Waals surface area contributed by atoms with Crippen LogP contribution in [0.4, 0.5) is 10.5 Å². The standard InChI is InChI=1S/C19H30ClN3O2/c1-21(2)11-7-3-4-8-16-25-19(24)23-14-12-22(13-15-23)18-10-6-5-9-17(18)20/h5-6,9-10H,3-4,7-8,11-16H2,1-2H3. The van der Waals surface area contributed by atoms with Gasteiger partial charge in [-0.15, -0.1) is 0 Å². The van der Waals surface area contributed by atoms with Crippen LogP contribution in [0.15, 0.2) is 24.3 Å². The number of anilines is 1. The highest BCUT2D eigenvalue weighted by molar-refractivity contribution is 6.33. The van der Waals surface area contributed by atoms with E-state index < -0.39 is 0 Å². The van der Waals surface area contributed by atoms with Crippen molar-refractivity contribution in [3.63, 3.8) is 0 Å². The lowest BCUT2D eigenvalue weighted by Crippen LogP contribution is -2.49. The Hall–Kier alpha value is -1.46. The number of hydrogen-bond donors (Lipinski definition) is 0. The van der Waals surface area contributed by atoms with Gasteiger partial charge in [-0.2, -0.15) is 0 Å². The number of carbonyl (C=O) groups is 1. The van der Waals surface area contributed by atoms with E-state index in [1.165, 1.54) is 12.8 Å². The predicted octanol–water partition coefficient (Wildman–Crippen LogP) is 3.72. The molecule has 1 aliphatic heterocycles. The molecule has 0 unspecified atom stereocenters. The summed E-state index contributed by atoms with van der Waals surface area (Å²) in [6.45, 7) is 4.55. The van der Waals surface area contributed by atoms with Crippen LogP contribution in [0.2, 0.25) is 5.02 Å². The van der Waals surface area contributed by atoms with Crippen LogP contribution in [0.5, 0.6) is 0 Å². The molecule has 1 heterocycles. The number of carbonyl (C=O) groups excluding carboxylic acids is 1. The summed E-state index contributed by atoms with van der Waals surface area (Å²) < 4.78 is 5.41. The molecule has 0 atom stereocenters. The van der Waals surface area contributed by atoms with E-state index in [-0.39, 0.29) is 6.09 Å². The first-order valence-electron chi connectivity index (χ1n) is 9.14. The van der Waals surface area contributed by atoms with Crippen molar-refractivity contribution >= 4 is 23.4 Å². The Bertz CT molecular complexity index is 531. The minimum atomic E-state index is -0.188. The van der Waals surface area contributed by atoms with E-state index >= 15 is 0 Å². The third-order valence-electron chi connectivity index (χ3n) is 4.46. The maximum absolute atomic E-state index is 12.1. The molecule has 0 radical (unpaired) electrons. The van der Waals surface area contributed by atoms with Crippen LogP contribution in [0.25, 0.3) is 0 Å². The van der Waals surface area contributed by atoms with Crippen LogP contribution >= 0.6 is 11.6 Å². The number of rotatable bonds is 8. The second kappa shape index (κ2) is 10.5. The summed E-state index contributed by atoms with van der Waals surface area (Å²) in [5, 5.41) is 0.757. The first-order valence-corrected chi connectivity index (χ1v) is 9.51. The van der Waals surface area contributed by atoms with E-state index in [1.54, 1.807) is 4.90 Å². The Labute approximate surface area is 156 Å². The van der Waals surface area contributed by atoms with Gasteiger partial charge in [0, 0.05) is 26.2 Å². The van der Waals surface area contributed by atoms with E-state index in [2.05, 4.69) is 23.9 Å². The van der Waals surface area contributed by atoms with Crippen molar-refractivity contribution in [2.24, 2.45) is 0 Å². The first kappa shape index (κ1) is 19.9. The van der Waals surface area contributed by atoms with Gasteiger partial charge in [0.25, 0.3) is 0 Å².